The second-order valence-corrected chi connectivity index (χ2v) is 6.06. The number of halogens is 2. The number of hydrogen-bond acceptors (Lipinski definition) is 2. The third kappa shape index (κ3) is 5.77. The molecule has 0 aromatic heterocycles. The SMILES string of the molecule is COc1ccc(CCCNC(=O)Cc2ccc(Cl)cc2Cl)cc1. The molecular formula is C18H19Cl2NO2. The van der Waals surface area contributed by atoms with Crippen LogP contribution in [0.3, 0.4) is 0 Å². The monoisotopic (exact) mass is 351 g/mol. The van der Waals surface area contributed by atoms with E-state index in [0.29, 0.717) is 16.6 Å². The van der Waals surface area contributed by atoms with E-state index in [9.17, 15) is 4.79 Å². The van der Waals surface area contributed by atoms with Gasteiger partial charge < -0.3 is 10.1 Å². The van der Waals surface area contributed by atoms with Gasteiger partial charge in [0.2, 0.25) is 5.91 Å². The first-order chi connectivity index (χ1) is 11.1. The van der Waals surface area contributed by atoms with Crippen LogP contribution in [0, 0.1) is 0 Å². The highest BCUT2D eigenvalue weighted by Crippen LogP contribution is 2.21. The smallest absolute Gasteiger partial charge is 0.224 e. The molecule has 3 nitrogen and oxygen atoms in total. The molecule has 2 rings (SSSR count). The molecule has 2 aromatic carbocycles. The molecule has 0 heterocycles. The van der Waals surface area contributed by atoms with E-state index in [2.05, 4.69) is 5.32 Å². The van der Waals surface area contributed by atoms with E-state index in [1.54, 1.807) is 25.3 Å². The molecular weight excluding hydrogens is 333 g/mol. The molecule has 0 spiro atoms. The van der Waals surface area contributed by atoms with Crippen LogP contribution < -0.4 is 10.1 Å². The van der Waals surface area contributed by atoms with Crippen molar-refractivity contribution < 1.29 is 9.53 Å². The van der Waals surface area contributed by atoms with Crippen molar-refractivity contribution in [2.45, 2.75) is 19.3 Å². The van der Waals surface area contributed by atoms with Crippen LogP contribution in [0.15, 0.2) is 42.5 Å². The number of aryl methyl sites for hydroxylation is 1. The van der Waals surface area contributed by atoms with Gasteiger partial charge in [-0.05, 0) is 48.2 Å². The van der Waals surface area contributed by atoms with Gasteiger partial charge in [-0.1, -0.05) is 41.4 Å². The maximum absolute atomic E-state index is 11.9. The molecule has 1 N–H and O–H groups in total. The Morgan fingerprint density at radius 1 is 1.13 bits per heavy atom. The Morgan fingerprint density at radius 3 is 2.52 bits per heavy atom. The third-order valence-corrected chi connectivity index (χ3v) is 4.08. The summed E-state index contributed by atoms with van der Waals surface area (Å²) in [5.41, 5.74) is 2.00. The lowest BCUT2D eigenvalue weighted by Crippen LogP contribution is -2.26. The molecule has 0 bridgehead atoms. The Morgan fingerprint density at radius 2 is 1.87 bits per heavy atom. The number of rotatable bonds is 7. The van der Waals surface area contributed by atoms with Gasteiger partial charge >= 0.3 is 0 Å². The average molecular weight is 352 g/mol. The molecule has 0 unspecified atom stereocenters. The van der Waals surface area contributed by atoms with E-state index in [-0.39, 0.29) is 12.3 Å². The Hall–Kier alpha value is -1.71. The Bertz CT molecular complexity index is 657. The number of ether oxygens (including phenoxy) is 1. The molecule has 0 saturated heterocycles. The van der Waals surface area contributed by atoms with Crippen molar-refractivity contribution in [2.75, 3.05) is 13.7 Å². The largest absolute Gasteiger partial charge is 0.497 e. The molecule has 0 aliphatic heterocycles. The minimum atomic E-state index is -0.0380. The minimum absolute atomic E-state index is 0.0380. The van der Waals surface area contributed by atoms with Crippen molar-refractivity contribution in [3.63, 3.8) is 0 Å². The summed E-state index contributed by atoms with van der Waals surface area (Å²) >= 11 is 11.9. The van der Waals surface area contributed by atoms with Gasteiger partial charge in [-0.15, -0.1) is 0 Å². The Balaban J connectivity index is 1.72. The van der Waals surface area contributed by atoms with Crippen LogP contribution in [0.4, 0.5) is 0 Å². The highest BCUT2D eigenvalue weighted by atomic mass is 35.5. The van der Waals surface area contributed by atoms with Gasteiger partial charge in [0.1, 0.15) is 5.75 Å². The number of carbonyl (C=O) groups excluding carboxylic acids is 1. The summed E-state index contributed by atoms with van der Waals surface area (Å²) in [7, 11) is 1.65. The normalized spacial score (nSPS) is 10.4. The molecule has 0 radical (unpaired) electrons. The van der Waals surface area contributed by atoms with Crippen LogP contribution in [0.1, 0.15) is 17.5 Å². The molecule has 0 aliphatic carbocycles. The number of amides is 1. The van der Waals surface area contributed by atoms with E-state index in [1.165, 1.54) is 5.56 Å². The summed E-state index contributed by atoms with van der Waals surface area (Å²) < 4.78 is 5.12. The lowest BCUT2D eigenvalue weighted by Gasteiger charge is -2.07. The average Bonchev–Trinajstić information content (AvgIpc) is 2.55. The van der Waals surface area contributed by atoms with Crippen LogP contribution >= 0.6 is 23.2 Å². The predicted molar refractivity (Wildman–Crippen MR) is 94.5 cm³/mol. The van der Waals surface area contributed by atoms with Crippen LogP contribution in [-0.4, -0.2) is 19.6 Å². The van der Waals surface area contributed by atoms with Crippen molar-refractivity contribution in [3.8, 4) is 5.75 Å². The van der Waals surface area contributed by atoms with Crippen molar-refractivity contribution in [2.24, 2.45) is 0 Å². The topological polar surface area (TPSA) is 38.3 Å². The van der Waals surface area contributed by atoms with E-state index >= 15 is 0 Å². The fraction of sp³-hybridized carbons (Fsp3) is 0.278. The Kier molecular flexibility index (Phi) is 6.75. The molecule has 0 saturated carbocycles. The third-order valence-electron chi connectivity index (χ3n) is 3.49. The molecule has 1 amide bonds. The van der Waals surface area contributed by atoms with Crippen molar-refractivity contribution in [1.29, 1.82) is 0 Å². The fourth-order valence-corrected chi connectivity index (χ4v) is 2.69. The minimum Gasteiger partial charge on any atom is -0.497 e. The Labute approximate surface area is 146 Å². The highest BCUT2D eigenvalue weighted by molar-refractivity contribution is 6.35. The summed E-state index contributed by atoms with van der Waals surface area (Å²) in [5, 5.41) is 4.00. The van der Waals surface area contributed by atoms with Gasteiger partial charge in [-0.25, -0.2) is 0 Å². The molecule has 23 heavy (non-hydrogen) atoms. The number of methoxy groups -OCH3 is 1. The zero-order valence-corrected chi connectivity index (χ0v) is 14.5. The molecule has 2 aromatic rings. The van der Waals surface area contributed by atoms with Crippen molar-refractivity contribution in [1.82, 2.24) is 5.32 Å². The summed E-state index contributed by atoms with van der Waals surface area (Å²) in [5.74, 6) is 0.811. The van der Waals surface area contributed by atoms with Crippen molar-refractivity contribution >= 4 is 29.1 Å². The number of nitrogens with one attached hydrogen (secondary N) is 1. The van der Waals surface area contributed by atoms with E-state index in [4.69, 9.17) is 27.9 Å². The van der Waals surface area contributed by atoms with Crippen molar-refractivity contribution in [3.05, 3.63) is 63.6 Å². The van der Waals surface area contributed by atoms with E-state index < -0.39 is 0 Å². The fourth-order valence-electron chi connectivity index (χ4n) is 2.21. The first-order valence-electron chi connectivity index (χ1n) is 7.42. The number of carbonyl (C=O) groups is 1. The van der Waals surface area contributed by atoms with Gasteiger partial charge in [0, 0.05) is 16.6 Å². The van der Waals surface area contributed by atoms with E-state index in [1.807, 2.05) is 24.3 Å². The predicted octanol–water partition coefficient (Wildman–Crippen LogP) is 4.29. The first-order valence-corrected chi connectivity index (χ1v) is 8.17. The van der Waals surface area contributed by atoms with Gasteiger partial charge in [0.25, 0.3) is 0 Å². The summed E-state index contributed by atoms with van der Waals surface area (Å²) in [6.45, 7) is 0.635. The second kappa shape index (κ2) is 8.80. The highest BCUT2D eigenvalue weighted by Gasteiger charge is 2.07. The maximum atomic E-state index is 11.9. The second-order valence-electron chi connectivity index (χ2n) is 5.21. The van der Waals surface area contributed by atoms with Gasteiger partial charge in [0.05, 0.1) is 13.5 Å². The summed E-state index contributed by atoms with van der Waals surface area (Å²) in [4.78, 5) is 11.9. The van der Waals surface area contributed by atoms with Crippen LogP contribution in [0.2, 0.25) is 10.0 Å². The zero-order valence-electron chi connectivity index (χ0n) is 12.9. The molecule has 0 atom stereocenters. The maximum Gasteiger partial charge on any atom is 0.224 e. The lowest BCUT2D eigenvalue weighted by molar-refractivity contribution is -0.120. The number of hydrogen-bond donors (Lipinski definition) is 1. The molecule has 5 heteroatoms. The summed E-state index contributed by atoms with van der Waals surface area (Å²) in [6, 6.07) is 13.1. The van der Waals surface area contributed by atoms with Crippen LogP contribution in [0.25, 0.3) is 0 Å². The molecule has 0 aliphatic rings. The number of benzene rings is 2. The quantitative estimate of drug-likeness (QED) is 0.755. The standard InChI is InChI=1S/C18H19Cl2NO2/c1-23-16-8-4-13(5-9-16)3-2-10-21-18(22)11-14-6-7-15(19)12-17(14)20/h4-9,12H,2-3,10-11H2,1H3,(H,21,22). The first kappa shape index (κ1) is 17.6. The lowest BCUT2D eigenvalue weighted by atomic mass is 10.1. The van der Waals surface area contributed by atoms with Gasteiger partial charge in [0.15, 0.2) is 0 Å². The van der Waals surface area contributed by atoms with E-state index in [0.717, 1.165) is 24.2 Å². The molecule has 0 fully saturated rings. The van der Waals surface area contributed by atoms with Crippen LogP contribution in [0.5, 0.6) is 5.75 Å². The molecule has 122 valence electrons. The van der Waals surface area contributed by atoms with Crippen LogP contribution in [-0.2, 0) is 17.6 Å². The summed E-state index contributed by atoms with van der Waals surface area (Å²) in [6.07, 6.45) is 2.05. The van der Waals surface area contributed by atoms with Gasteiger partial charge in [-0.3, -0.25) is 4.79 Å². The zero-order chi connectivity index (χ0) is 16.7. The van der Waals surface area contributed by atoms with Gasteiger partial charge in [-0.2, -0.15) is 0 Å².